The van der Waals surface area contributed by atoms with Crippen LogP contribution in [-0.4, -0.2) is 25.2 Å². The van der Waals surface area contributed by atoms with Crippen molar-refractivity contribution in [3.05, 3.63) is 59.7 Å². The quantitative estimate of drug-likeness (QED) is 0.253. The number of hydrogen-bond donors (Lipinski definition) is 0. The monoisotopic (exact) mass is 412 g/mol. The second-order valence-electron chi connectivity index (χ2n) is 7.47. The highest BCUT2D eigenvalue weighted by molar-refractivity contribution is 5.91. The number of carbonyl (C=O) groups excluding carboxylic acids is 2. The zero-order valence-corrected chi connectivity index (χ0v) is 18.2. The molecule has 0 heterocycles. The van der Waals surface area contributed by atoms with Crippen LogP contribution >= 0.6 is 0 Å². The van der Waals surface area contributed by atoms with Gasteiger partial charge in [-0.2, -0.15) is 0 Å². The molecular formula is C25H32O5. The molecule has 0 fully saturated rings. The minimum Gasteiger partial charge on any atom is -0.494 e. The molecule has 30 heavy (non-hydrogen) atoms. The van der Waals surface area contributed by atoms with Crippen LogP contribution in [0, 0.1) is 12.8 Å². The summed E-state index contributed by atoms with van der Waals surface area (Å²) in [7, 11) is 0. The van der Waals surface area contributed by atoms with E-state index in [0.29, 0.717) is 24.5 Å². The van der Waals surface area contributed by atoms with Crippen LogP contribution in [0.3, 0.4) is 0 Å². The Morgan fingerprint density at radius 1 is 0.833 bits per heavy atom. The first-order valence-electron chi connectivity index (χ1n) is 10.7. The highest BCUT2D eigenvalue weighted by Gasteiger charge is 2.11. The SMILES string of the molecule is CCC(C)C(=O)OCCCCCCOc1ccc(C(=O)Oc2ccc(C)cc2)cc1. The predicted octanol–water partition coefficient (Wildman–Crippen LogP) is 5.74. The minimum atomic E-state index is -0.389. The van der Waals surface area contributed by atoms with Crippen molar-refractivity contribution in [2.24, 2.45) is 5.92 Å². The lowest BCUT2D eigenvalue weighted by atomic mass is 10.1. The van der Waals surface area contributed by atoms with Gasteiger partial charge in [-0.15, -0.1) is 0 Å². The Labute approximate surface area is 179 Å². The smallest absolute Gasteiger partial charge is 0.343 e. The summed E-state index contributed by atoms with van der Waals surface area (Å²) in [4.78, 5) is 23.8. The molecule has 2 aromatic carbocycles. The first kappa shape index (κ1) is 23.5. The average Bonchev–Trinajstić information content (AvgIpc) is 2.76. The number of aryl methyl sites for hydroxylation is 1. The standard InChI is InChI=1S/C25H32O5/c1-4-20(3)24(26)29-18-8-6-5-7-17-28-22-15-11-21(12-16-22)25(27)30-23-13-9-19(2)10-14-23/h9-16,20H,4-8,17-18H2,1-3H3. The fourth-order valence-corrected chi connectivity index (χ4v) is 2.69. The van der Waals surface area contributed by atoms with E-state index in [0.717, 1.165) is 43.4 Å². The lowest BCUT2D eigenvalue weighted by molar-refractivity contribution is -0.148. The van der Waals surface area contributed by atoms with Gasteiger partial charge in [-0.3, -0.25) is 4.79 Å². The summed E-state index contributed by atoms with van der Waals surface area (Å²) in [6.07, 6.45) is 4.63. The van der Waals surface area contributed by atoms with Crippen LogP contribution in [0.1, 0.15) is 61.9 Å². The van der Waals surface area contributed by atoms with E-state index in [2.05, 4.69) is 0 Å². The van der Waals surface area contributed by atoms with Gasteiger partial charge >= 0.3 is 11.9 Å². The fourth-order valence-electron chi connectivity index (χ4n) is 2.69. The normalized spacial score (nSPS) is 11.6. The molecule has 0 amide bonds. The molecule has 0 N–H and O–H groups in total. The molecule has 2 rings (SSSR count). The molecule has 1 atom stereocenters. The molecule has 0 aliphatic heterocycles. The summed E-state index contributed by atoms with van der Waals surface area (Å²) in [5, 5.41) is 0. The Morgan fingerprint density at radius 3 is 2.07 bits per heavy atom. The first-order chi connectivity index (χ1) is 14.5. The second-order valence-corrected chi connectivity index (χ2v) is 7.47. The third-order valence-electron chi connectivity index (χ3n) is 4.89. The summed E-state index contributed by atoms with van der Waals surface area (Å²) in [6.45, 7) is 6.95. The van der Waals surface area contributed by atoms with Crippen LogP contribution < -0.4 is 9.47 Å². The highest BCUT2D eigenvalue weighted by atomic mass is 16.5. The van der Waals surface area contributed by atoms with Gasteiger partial charge in [0.1, 0.15) is 11.5 Å². The molecule has 0 bridgehead atoms. The van der Waals surface area contributed by atoms with Crippen LogP contribution in [-0.2, 0) is 9.53 Å². The van der Waals surface area contributed by atoms with Gasteiger partial charge in [0.25, 0.3) is 0 Å². The Balaban J connectivity index is 1.60. The Morgan fingerprint density at radius 2 is 1.43 bits per heavy atom. The van der Waals surface area contributed by atoms with Crippen molar-refractivity contribution < 1.29 is 23.8 Å². The van der Waals surface area contributed by atoms with E-state index in [1.807, 2.05) is 32.9 Å². The first-order valence-corrected chi connectivity index (χ1v) is 10.7. The molecule has 0 saturated heterocycles. The predicted molar refractivity (Wildman–Crippen MR) is 117 cm³/mol. The molecule has 0 aliphatic carbocycles. The van der Waals surface area contributed by atoms with Crippen molar-refractivity contribution in [3.63, 3.8) is 0 Å². The van der Waals surface area contributed by atoms with Crippen molar-refractivity contribution in [2.45, 2.75) is 52.9 Å². The number of rotatable bonds is 12. The van der Waals surface area contributed by atoms with Gasteiger partial charge in [0.2, 0.25) is 0 Å². The molecule has 5 heteroatoms. The van der Waals surface area contributed by atoms with E-state index in [1.165, 1.54) is 0 Å². The zero-order valence-electron chi connectivity index (χ0n) is 18.2. The van der Waals surface area contributed by atoms with Crippen molar-refractivity contribution in [1.82, 2.24) is 0 Å². The number of hydrogen-bond acceptors (Lipinski definition) is 5. The van der Waals surface area contributed by atoms with Gasteiger partial charge in [0.05, 0.1) is 24.7 Å². The number of esters is 2. The number of benzene rings is 2. The Bertz CT molecular complexity index is 780. The molecule has 0 aromatic heterocycles. The Kier molecular flexibility index (Phi) is 9.92. The van der Waals surface area contributed by atoms with Crippen molar-refractivity contribution >= 4 is 11.9 Å². The second kappa shape index (κ2) is 12.7. The number of carbonyl (C=O) groups is 2. The largest absolute Gasteiger partial charge is 0.494 e. The van der Waals surface area contributed by atoms with Gasteiger partial charge in [-0.05, 0) is 75.4 Å². The van der Waals surface area contributed by atoms with Crippen LogP contribution in [0.25, 0.3) is 0 Å². The number of unbranched alkanes of at least 4 members (excludes halogenated alkanes) is 3. The van der Waals surface area contributed by atoms with E-state index in [-0.39, 0.29) is 17.9 Å². The number of ether oxygens (including phenoxy) is 3. The molecule has 2 aromatic rings. The molecule has 0 spiro atoms. The van der Waals surface area contributed by atoms with Gasteiger partial charge in [0.15, 0.2) is 0 Å². The molecule has 162 valence electrons. The van der Waals surface area contributed by atoms with Crippen molar-refractivity contribution in [1.29, 1.82) is 0 Å². The van der Waals surface area contributed by atoms with Gasteiger partial charge in [-0.25, -0.2) is 4.79 Å². The Hall–Kier alpha value is -2.82. The lowest BCUT2D eigenvalue weighted by Crippen LogP contribution is -2.14. The average molecular weight is 413 g/mol. The van der Waals surface area contributed by atoms with Crippen LogP contribution in [0.15, 0.2) is 48.5 Å². The summed E-state index contributed by atoms with van der Waals surface area (Å²) in [5.74, 6) is 0.741. The fraction of sp³-hybridized carbons (Fsp3) is 0.440. The molecule has 0 radical (unpaired) electrons. The summed E-state index contributed by atoms with van der Waals surface area (Å²) < 4.78 is 16.3. The third kappa shape index (κ3) is 8.27. The van der Waals surface area contributed by atoms with Crippen LogP contribution in [0.4, 0.5) is 0 Å². The van der Waals surface area contributed by atoms with Crippen LogP contribution in [0.5, 0.6) is 11.5 Å². The molecule has 5 nitrogen and oxygen atoms in total. The van der Waals surface area contributed by atoms with E-state index < -0.39 is 0 Å². The summed E-state index contributed by atoms with van der Waals surface area (Å²) >= 11 is 0. The summed E-state index contributed by atoms with van der Waals surface area (Å²) in [5.41, 5.74) is 1.59. The zero-order chi connectivity index (χ0) is 21.8. The summed E-state index contributed by atoms with van der Waals surface area (Å²) in [6, 6.07) is 14.3. The molecule has 0 saturated carbocycles. The van der Waals surface area contributed by atoms with Gasteiger partial charge in [-0.1, -0.05) is 31.5 Å². The third-order valence-corrected chi connectivity index (χ3v) is 4.89. The lowest BCUT2D eigenvalue weighted by Gasteiger charge is -2.09. The van der Waals surface area contributed by atoms with Gasteiger partial charge in [0, 0.05) is 0 Å². The van der Waals surface area contributed by atoms with Crippen LogP contribution in [0.2, 0.25) is 0 Å². The maximum atomic E-state index is 12.2. The van der Waals surface area contributed by atoms with Crippen molar-refractivity contribution in [3.8, 4) is 11.5 Å². The van der Waals surface area contributed by atoms with E-state index >= 15 is 0 Å². The molecular weight excluding hydrogens is 380 g/mol. The maximum absolute atomic E-state index is 12.2. The molecule has 0 aliphatic rings. The van der Waals surface area contributed by atoms with E-state index in [4.69, 9.17) is 14.2 Å². The minimum absolute atomic E-state index is 0.0192. The maximum Gasteiger partial charge on any atom is 0.343 e. The van der Waals surface area contributed by atoms with Gasteiger partial charge < -0.3 is 14.2 Å². The van der Waals surface area contributed by atoms with Crippen molar-refractivity contribution in [2.75, 3.05) is 13.2 Å². The van der Waals surface area contributed by atoms with E-state index in [9.17, 15) is 9.59 Å². The van der Waals surface area contributed by atoms with E-state index in [1.54, 1.807) is 36.4 Å². The topological polar surface area (TPSA) is 61.8 Å². The highest BCUT2D eigenvalue weighted by Crippen LogP contribution is 2.17. The molecule has 1 unspecified atom stereocenters.